The highest BCUT2D eigenvalue weighted by atomic mass is 16.3. The van der Waals surface area contributed by atoms with Crippen molar-refractivity contribution in [3.8, 4) is 0 Å². The van der Waals surface area contributed by atoms with Crippen LogP contribution in [0.3, 0.4) is 0 Å². The smallest absolute Gasteiger partial charge is 0.346 e. The number of hydrogen-bond acceptors (Lipinski definition) is 4. The third kappa shape index (κ3) is 2.39. The molecule has 0 spiro atoms. The fraction of sp³-hybridized carbons (Fsp3) is 0.500. The molecule has 1 aliphatic heterocycles. The number of nitrogens with one attached hydrogen (secondary N) is 1. The van der Waals surface area contributed by atoms with Crippen LogP contribution in [0.2, 0.25) is 0 Å². The summed E-state index contributed by atoms with van der Waals surface area (Å²) in [5, 5.41) is 1.08. The van der Waals surface area contributed by atoms with Crippen molar-refractivity contribution in [3.05, 3.63) is 23.7 Å². The molecule has 112 valence electrons. The molecule has 0 atom stereocenters. The number of aryl methyl sites for hydroxylation is 1. The molecule has 0 radical (unpaired) electrons. The molecule has 2 fully saturated rings. The summed E-state index contributed by atoms with van der Waals surface area (Å²) < 4.78 is 5.06. The Morgan fingerprint density at radius 3 is 2.67 bits per heavy atom. The third-order valence-electron chi connectivity index (χ3n) is 4.03. The van der Waals surface area contributed by atoms with Gasteiger partial charge in [-0.15, -0.1) is 0 Å². The van der Waals surface area contributed by atoms with Crippen LogP contribution in [0.4, 0.5) is 4.79 Å². The van der Waals surface area contributed by atoms with Gasteiger partial charge in [-0.1, -0.05) is 12.8 Å². The highest BCUT2D eigenvalue weighted by molar-refractivity contribution is 6.04. The summed E-state index contributed by atoms with van der Waals surface area (Å²) in [6.45, 7) is 1.55. The highest BCUT2D eigenvalue weighted by Gasteiger charge is 2.42. The van der Waals surface area contributed by atoms with E-state index < -0.39 is 11.9 Å². The minimum atomic E-state index is -0.448. The molecule has 1 aromatic rings. The van der Waals surface area contributed by atoms with Crippen LogP contribution in [-0.4, -0.2) is 40.3 Å². The van der Waals surface area contributed by atoms with Crippen molar-refractivity contribution < 1.29 is 18.8 Å². The van der Waals surface area contributed by atoms with Gasteiger partial charge in [0, 0.05) is 6.04 Å². The molecule has 4 amide bonds. The number of rotatable bonds is 3. The molecular formula is C14H17N3O4. The van der Waals surface area contributed by atoms with E-state index in [-0.39, 0.29) is 18.5 Å². The zero-order chi connectivity index (χ0) is 15.0. The van der Waals surface area contributed by atoms with E-state index in [1.165, 1.54) is 17.2 Å². The van der Waals surface area contributed by atoms with Crippen molar-refractivity contribution >= 4 is 17.8 Å². The zero-order valence-corrected chi connectivity index (χ0v) is 11.8. The van der Waals surface area contributed by atoms with Crippen molar-refractivity contribution in [1.82, 2.24) is 15.3 Å². The van der Waals surface area contributed by atoms with Gasteiger partial charge in [0.25, 0.3) is 11.8 Å². The molecule has 0 aromatic carbocycles. The number of hydrazine groups is 1. The van der Waals surface area contributed by atoms with Gasteiger partial charge in [-0.2, -0.15) is 0 Å². The summed E-state index contributed by atoms with van der Waals surface area (Å²) in [4.78, 5) is 37.7. The molecule has 1 saturated carbocycles. The number of carbonyl (C=O) groups excluding carboxylic acids is 3. The van der Waals surface area contributed by atoms with Crippen LogP contribution in [-0.2, 0) is 4.79 Å². The first-order valence-electron chi connectivity index (χ1n) is 7.06. The van der Waals surface area contributed by atoms with Gasteiger partial charge in [0.1, 0.15) is 12.3 Å². The van der Waals surface area contributed by atoms with Crippen molar-refractivity contribution in [2.45, 2.75) is 38.6 Å². The average Bonchev–Trinajstić information content (AvgIpc) is 3.13. The van der Waals surface area contributed by atoms with E-state index in [1.807, 2.05) is 0 Å². The monoisotopic (exact) mass is 291 g/mol. The predicted octanol–water partition coefficient (Wildman–Crippen LogP) is 1.44. The van der Waals surface area contributed by atoms with Gasteiger partial charge < -0.3 is 4.42 Å². The van der Waals surface area contributed by atoms with E-state index >= 15 is 0 Å². The molecular weight excluding hydrogens is 274 g/mol. The largest absolute Gasteiger partial charge is 0.469 e. The Hall–Kier alpha value is -2.31. The van der Waals surface area contributed by atoms with Gasteiger partial charge in [0.15, 0.2) is 0 Å². The Bertz CT molecular complexity index is 589. The Morgan fingerprint density at radius 1 is 1.33 bits per heavy atom. The first-order valence-corrected chi connectivity index (χ1v) is 7.06. The normalized spacial score (nSPS) is 19.7. The molecule has 21 heavy (non-hydrogen) atoms. The van der Waals surface area contributed by atoms with Crippen LogP contribution in [0.1, 0.15) is 41.8 Å². The summed E-state index contributed by atoms with van der Waals surface area (Å²) in [5.74, 6) is -0.232. The summed E-state index contributed by atoms with van der Waals surface area (Å²) in [5.41, 5.74) is 2.83. The second-order valence-corrected chi connectivity index (χ2v) is 5.40. The third-order valence-corrected chi connectivity index (χ3v) is 4.03. The molecule has 1 N–H and O–H groups in total. The van der Waals surface area contributed by atoms with Crippen LogP contribution < -0.4 is 5.43 Å². The minimum absolute atomic E-state index is 0.0254. The SMILES string of the molecule is Cc1occc1C(=O)NN1CC(=O)N(C2CCCC2)C1=O. The number of amides is 4. The second-order valence-electron chi connectivity index (χ2n) is 5.40. The number of carbonyl (C=O) groups is 3. The Labute approximate surface area is 121 Å². The molecule has 7 heteroatoms. The van der Waals surface area contributed by atoms with Crippen LogP contribution >= 0.6 is 0 Å². The van der Waals surface area contributed by atoms with Gasteiger partial charge in [-0.05, 0) is 25.8 Å². The lowest BCUT2D eigenvalue weighted by atomic mass is 10.2. The molecule has 0 bridgehead atoms. The molecule has 2 aliphatic rings. The van der Waals surface area contributed by atoms with Gasteiger partial charge in [-0.3, -0.25) is 19.9 Å². The number of imide groups is 1. The number of hydrogen-bond donors (Lipinski definition) is 1. The van der Waals surface area contributed by atoms with Gasteiger partial charge in [0.2, 0.25) is 0 Å². The van der Waals surface area contributed by atoms with E-state index in [4.69, 9.17) is 4.42 Å². The van der Waals surface area contributed by atoms with Crippen molar-refractivity contribution in [1.29, 1.82) is 0 Å². The van der Waals surface area contributed by atoms with Crippen molar-refractivity contribution in [2.24, 2.45) is 0 Å². The second kappa shape index (κ2) is 5.23. The van der Waals surface area contributed by atoms with Crippen LogP contribution in [0, 0.1) is 6.92 Å². The molecule has 1 aromatic heterocycles. The minimum Gasteiger partial charge on any atom is -0.469 e. The topological polar surface area (TPSA) is 82.9 Å². The Balaban J connectivity index is 1.70. The van der Waals surface area contributed by atoms with E-state index in [0.29, 0.717) is 11.3 Å². The standard InChI is InChI=1S/C14H17N3O4/c1-9-11(6-7-21-9)13(19)15-16-8-12(18)17(14(16)20)10-4-2-3-5-10/h6-7,10H,2-5,8H2,1H3,(H,15,19). The molecule has 1 aliphatic carbocycles. The average molecular weight is 291 g/mol. The first kappa shape index (κ1) is 13.7. The van der Waals surface area contributed by atoms with Crippen molar-refractivity contribution in [3.63, 3.8) is 0 Å². The number of furan rings is 1. The van der Waals surface area contributed by atoms with Gasteiger partial charge >= 0.3 is 6.03 Å². The lowest BCUT2D eigenvalue weighted by Crippen LogP contribution is -2.46. The maximum atomic E-state index is 12.3. The molecule has 7 nitrogen and oxygen atoms in total. The quantitative estimate of drug-likeness (QED) is 0.854. The van der Waals surface area contributed by atoms with Gasteiger partial charge in [-0.25, -0.2) is 9.80 Å². The maximum absolute atomic E-state index is 12.3. The lowest BCUT2D eigenvalue weighted by molar-refractivity contribution is -0.126. The Morgan fingerprint density at radius 2 is 2.05 bits per heavy atom. The van der Waals surface area contributed by atoms with Gasteiger partial charge in [0.05, 0.1) is 11.8 Å². The van der Waals surface area contributed by atoms with E-state index in [9.17, 15) is 14.4 Å². The fourth-order valence-corrected chi connectivity index (χ4v) is 2.93. The summed E-state index contributed by atoms with van der Waals surface area (Å²) in [7, 11) is 0. The van der Waals surface area contributed by atoms with Crippen LogP contribution in [0.25, 0.3) is 0 Å². The molecule has 0 unspecified atom stereocenters. The van der Waals surface area contributed by atoms with Crippen molar-refractivity contribution in [2.75, 3.05) is 6.54 Å². The fourth-order valence-electron chi connectivity index (χ4n) is 2.93. The predicted molar refractivity (Wildman–Crippen MR) is 72.1 cm³/mol. The summed E-state index contributed by atoms with van der Waals surface area (Å²) in [6, 6.07) is 1.06. The lowest BCUT2D eigenvalue weighted by Gasteiger charge is -2.22. The maximum Gasteiger partial charge on any atom is 0.346 e. The summed E-state index contributed by atoms with van der Waals surface area (Å²) >= 11 is 0. The van der Waals surface area contributed by atoms with Crippen LogP contribution in [0.15, 0.2) is 16.7 Å². The first-order chi connectivity index (χ1) is 10.1. The van der Waals surface area contributed by atoms with E-state index in [1.54, 1.807) is 6.92 Å². The number of nitrogens with zero attached hydrogens (tertiary/aromatic N) is 2. The van der Waals surface area contributed by atoms with E-state index in [2.05, 4.69) is 5.43 Å². The van der Waals surface area contributed by atoms with E-state index in [0.717, 1.165) is 30.7 Å². The molecule has 1 saturated heterocycles. The van der Waals surface area contributed by atoms with Crippen LogP contribution in [0.5, 0.6) is 0 Å². The molecule has 3 rings (SSSR count). The zero-order valence-electron chi connectivity index (χ0n) is 11.8. The molecule has 2 heterocycles. The number of urea groups is 1. The summed E-state index contributed by atoms with van der Waals surface area (Å²) in [6.07, 6.45) is 5.16. The highest BCUT2D eigenvalue weighted by Crippen LogP contribution is 2.26. The Kier molecular flexibility index (Phi) is 3.40.